The zero-order valence-electron chi connectivity index (χ0n) is 11.6. The minimum absolute atomic E-state index is 0.0838. The van der Waals surface area contributed by atoms with Crippen LogP contribution in [0.15, 0.2) is 24.3 Å². The predicted octanol–water partition coefficient (Wildman–Crippen LogP) is 1.26. The van der Waals surface area contributed by atoms with Crippen LogP contribution in [0.1, 0.15) is 24.8 Å². The van der Waals surface area contributed by atoms with Gasteiger partial charge in [0.2, 0.25) is 0 Å². The molecule has 0 radical (unpaired) electrons. The summed E-state index contributed by atoms with van der Waals surface area (Å²) in [7, 11) is 1.33. The lowest BCUT2D eigenvalue weighted by molar-refractivity contribution is -0.142. The van der Waals surface area contributed by atoms with E-state index in [4.69, 9.17) is 5.73 Å². The number of carbonyl (C=O) groups excluding carboxylic acids is 2. The van der Waals surface area contributed by atoms with Crippen LogP contribution < -0.4 is 11.1 Å². The van der Waals surface area contributed by atoms with Gasteiger partial charge in [-0.15, -0.1) is 0 Å². The number of ether oxygens (including phenoxy) is 1. The molecule has 1 saturated carbocycles. The number of carbonyl (C=O) groups is 2. The Morgan fingerprint density at radius 3 is 3.00 bits per heavy atom. The molecule has 0 amide bonds. The molecule has 2 atom stereocenters. The van der Waals surface area contributed by atoms with Crippen molar-refractivity contribution in [2.24, 2.45) is 5.73 Å². The van der Waals surface area contributed by atoms with E-state index in [2.05, 4.69) is 10.1 Å². The topological polar surface area (TPSA) is 81.4 Å². The molecule has 20 heavy (non-hydrogen) atoms. The highest BCUT2D eigenvalue weighted by atomic mass is 16.5. The van der Waals surface area contributed by atoms with Crippen molar-refractivity contribution >= 4 is 17.4 Å². The molecule has 1 aromatic carbocycles. The molecule has 3 N–H and O–H groups in total. The van der Waals surface area contributed by atoms with Gasteiger partial charge in [-0.05, 0) is 37.0 Å². The summed E-state index contributed by atoms with van der Waals surface area (Å²) in [6.45, 7) is 0. The number of hydrogen-bond donors (Lipinski definition) is 2. The van der Waals surface area contributed by atoms with Crippen LogP contribution >= 0.6 is 0 Å². The maximum absolute atomic E-state index is 11.6. The molecule has 1 aliphatic carbocycles. The van der Waals surface area contributed by atoms with Crippen LogP contribution in [0, 0.1) is 0 Å². The molecule has 1 aliphatic rings. The Balaban J connectivity index is 2.00. The van der Waals surface area contributed by atoms with Crippen LogP contribution in [0.25, 0.3) is 0 Å². The average Bonchev–Trinajstić information content (AvgIpc) is 2.83. The first-order chi connectivity index (χ1) is 9.60. The van der Waals surface area contributed by atoms with E-state index in [9.17, 15) is 9.59 Å². The number of benzene rings is 1. The van der Waals surface area contributed by atoms with Gasteiger partial charge >= 0.3 is 5.97 Å². The van der Waals surface area contributed by atoms with Crippen molar-refractivity contribution in [1.82, 2.24) is 0 Å². The smallest absolute Gasteiger partial charge is 0.322 e. The first-order valence-electron chi connectivity index (χ1n) is 6.81. The number of hydrogen-bond acceptors (Lipinski definition) is 5. The van der Waals surface area contributed by atoms with Crippen LogP contribution in [0.4, 0.5) is 5.69 Å². The molecule has 0 aliphatic heterocycles. The molecule has 0 bridgehead atoms. The summed E-state index contributed by atoms with van der Waals surface area (Å²) in [5.41, 5.74) is 7.58. The van der Waals surface area contributed by atoms with Crippen LogP contribution in [0.2, 0.25) is 0 Å². The first-order valence-corrected chi connectivity index (χ1v) is 6.81. The van der Waals surface area contributed by atoms with Crippen molar-refractivity contribution < 1.29 is 14.3 Å². The third-order valence-electron chi connectivity index (χ3n) is 3.53. The van der Waals surface area contributed by atoms with Gasteiger partial charge in [0.05, 0.1) is 13.2 Å². The van der Waals surface area contributed by atoms with Crippen molar-refractivity contribution in [2.75, 3.05) is 12.4 Å². The molecule has 0 saturated heterocycles. The Labute approximate surface area is 118 Å². The summed E-state index contributed by atoms with van der Waals surface area (Å²) in [6.07, 6.45) is 2.90. The highest BCUT2D eigenvalue weighted by molar-refractivity contribution is 5.88. The minimum atomic E-state index is -0.664. The Hall–Kier alpha value is -1.88. The normalized spacial score (nSPS) is 19.7. The average molecular weight is 276 g/mol. The molecular formula is C15H20N2O3. The molecule has 2 rings (SSSR count). The molecule has 5 nitrogen and oxygen atoms in total. The Morgan fingerprint density at radius 2 is 2.35 bits per heavy atom. The van der Waals surface area contributed by atoms with Crippen molar-refractivity contribution in [3.8, 4) is 0 Å². The second-order valence-corrected chi connectivity index (χ2v) is 5.09. The molecule has 2 unspecified atom stereocenters. The fraction of sp³-hybridized carbons (Fsp3) is 0.467. The Morgan fingerprint density at radius 1 is 1.55 bits per heavy atom. The van der Waals surface area contributed by atoms with E-state index in [1.54, 1.807) is 0 Å². The SMILES string of the molecule is COC(=O)C(N)Cc1cccc(NC2CCCC2=O)c1. The first kappa shape index (κ1) is 14.5. The van der Waals surface area contributed by atoms with Crippen LogP contribution in [-0.4, -0.2) is 30.9 Å². The highest BCUT2D eigenvalue weighted by Gasteiger charge is 2.24. The van der Waals surface area contributed by atoms with Gasteiger partial charge in [-0.3, -0.25) is 9.59 Å². The number of Topliss-reactive ketones (excluding diaryl/α,β-unsaturated/α-hetero) is 1. The largest absolute Gasteiger partial charge is 0.468 e. The van der Waals surface area contributed by atoms with Crippen LogP contribution in [0.3, 0.4) is 0 Å². The van der Waals surface area contributed by atoms with Gasteiger partial charge in [-0.2, -0.15) is 0 Å². The standard InChI is InChI=1S/C15H20N2O3/c1-20-15(19)12(16)9-10-4-2-5-11(8-10)17-13-6-3-7-14(13)18/h2,4-5,8,12-13,17H,3,6-7,9,16H2,1H3. The van der Waals surface area contributed by atoms with Gasteiger partial charge in [0.15, 0.2) is 5.78 Å². The van der Waals surface area contributed by atoms with E-state index >= 15 is 0 Å². The van der Waals surface area contributed by atoms with Crippen molar-refractivity contribution in [2.45, 2.75) is 37.8 Å². The second-order valence-electron chi connectivity index (χ2n) is 5.09. The predicted molar refractivity (Wildman–Crippen MR) is 76.4 cm³/mol. The van der Waals surface area contributed by atoms with Crippen molar-refractivity contribution in [3.63, 3.8) is 0 Å². The molecule has 1 aromatic rings. The summed E-state index contributed by atoms with van der Waals surface area (Å²) in [6, 6.07) is 6.89. The summed E-state index contributed by atoms with van der Waals surface area (Å²) in [5, 5.41) is 3.24. The highest BCUT2D eigenvalue weighted by Crippen LogP contribution is 2.20. The molecule has 1 fully saturated rings. The molecule has 0 aromatic heterocycles. The van der Waals surface area contributed by atoms with E-state index < -0.39 is 12.0 Å². The zero-order chi connectivity index (χ0) is 14.5. The third-order valence-corrected chi connectivity index (χ3v) is 3.53. The van der Waals surface area contributed by atoms with Gasteiger partial charge in [0, 0.05) is 12.1 Å². The lowest BCUT2D eigenvalue weighted by Gasteiger charge is -2.14. The lowest BCUT2D eigenvalue weighted by Crippen LogP contribution is -2.33. The number of methoxy groups -OCH3 is 1. The summed E-state index contributed by atoms with van der Waals surface area (Å²) in [5.74, 6) is -0.156. The maximum atomic E-state index is 11.6. The number of rotatable bonds is 5. The van der Waals surface area contributed by atoms with E-state index in [-0.39, 0.29) is 11.8 Å². The molecular weight excluding hydrogens is 256 g/mol. The summed E-state index contributed by atoms with van der Waals surface area (Å²) < 4.78 is 4.61. The lowest BCUT2D eigenvalue weighted by atomic mass is 10.1. The van der Waals surface area contributed by atoms with E-state index in [1.165, 1.54) is 7.11 Å². The number of esters is 1. The van der Waals surface area contributed by atoms with Gasteiger partial charge in [0.1, 0.15) is 6.04 Å². The maximum Gasteiger partial charge on any atom is 0.322 e. The van der Waals surface area contributed by atoms with Crippen molar-refractivity contribution in [3.05, 3.63) is 29.8 Å². The van der Waals surface area contributed by atoms with E-state index in [0.717, 1.165) is 24.1 Å². The summed E-state index contributed by atoms with van der Waals surface area (Å²) >= 11 is 0. The van der Waals surface area contributed by atoms with E-state index in [1.807, 2.05) is 24.3 Å². The number of anilines is 1. The number of nitrogens with one attached hydrogen (secondary N) is 1. The number of nitrogens with two attached hydrogens (primary N) is 1. The quantitative estimate of drug-likeness (QED) is 0.791. The van der Waals surface area contributed by atoms with Crippen LogP contribution in [0.5, 0.6) is 0 Å². The van der Waals surface area contributed by atoms with Gasteiger partial charge in [0.25, 0.3) is 0 Å². The monoisotopic (exact) mass is 276 g/mol. The fourth-order valence-electron chi connectivity index (χ4n) is 2.45. The van der Waals surface area contributed by atoms with Gasteiger partial charge in [-0.1, -0.05) is 12.1 Å². The van der Waals surface area contributed by atoms with E-state index in [0.29, 0.717) is 12.8 Å². The fourth-order valence-corrected chi connectivity index (χ4v) is 2.45. The number of ketones is 1. The zero-order valence-corrected chi connectivity index (χ0v) is 11.6. The molecule has 0 heterocycles. The third kappa shape index (κ3) is 3.57. The van der Waals surface area contributed by atoms with Crippen molar-refractivity contribution in [1.29, 1.82) is 0 Å². The van der Waals surface area contributed by atoms with Crippen LogP contribution in [-0.2, 0) is 20.7 Å². The Kier molecular flexibility index (Phi) is 4.74. The van der Waals surface area contributed by atoms with Gasteiger partial charge in [-0.25, -0.2) is 0 Å². The second kappa shape index (κ2) is 6.52. The summed E-state index contributed by atoms with van der Waals surface area (Å²) in [4.78, 5) is 22.9. The molecule has 0 spiro atoms. The van der Waals surface area contributed by atoms with Gasteiger partial charge < -0.3 is 15.8 Å². The molecule has 5 heteroatoms. The Bertz CT molecular complexity index is 502. The minimum Gasteiger partial charge on any atom is -0.468 e. The molecule has 108 valence electrons.